The molecule has 0 spiro atoms. The van der Waals surface area contributed by atoms with E-state index in [1.54, 1.807) is 0 Å². The quantitative estimate of drug-likeness (QED) is 0.574. The molecule has 0 aliphatic rings. The molecule has 0 atom stereocenters. The van der Waals surface area contributed by atoms with E-state index in [-0.39, 0.29) is 16.9 Å². The number of hydrogen-bond acceptors (Lipinski definition) is 5. The first-order valence-corrected chi connectivity index (χ1v) is 4.10. The van der Waals surface area contributed by atoms with Crippen LogP contribution in [-0.4, -0.2) is 20.2 Å². The molecule has 15 heavy (non-hydrogen) atoms. The number of carbonyl (C=O) groups excluding carboxylic acids is 1. The Morgan fingerprint density at radius 1 is 1.47 bits per heavy atom. The molecule has 0 aliphatic heterocycles. The van der Waals surface area contributed by atoms with Crippen LogP contribution >= 0.6 is 0 Å². The maximum atomic E-state index is 11.3. The van der Waals surface area contributed by atoms with Gasteiger partial charge in [-0.05, 0) is 6.07 Å². The fraction of sp³-hybridized carbons (Fsp3) is 0.200. The Morgan fingerprint density at radius 3 is 2.60 bits per heavy atom. The van der Waals surface area contributed by atoms with E-state index in [0.29, 0.717) is 5.69 Å². The Labute approximate surface area is 87.0 Å². The summed E-state index contributed by atoms with van der Waals surface area (Å²) in [6, 6.07) is 4.74. The van der Waals surface area contributed by atoms with Gasteiger partial charge in [0.05, 0.1) is 19.8 Å². The largest absolute Gasteiger partial charge is 0.495 e. The molecule has 1 aromatic rings. The lowest BCUT2D eigenvalue weighted by molar-refractivity contribution is 0.0600. The summed E-state index contributed by atoms with van der Waals surface area (Å²) < 4.78 is 9.47. The monoisotopic (exact) mass is 206 g/mol. The number of nitrogens with zero attached hydrogens (tertiary/aromatic N) is 1. The first kappa shape index (κ1) is 10.9. The van der Waals surface area contributed by atoms with Crippen molar-refractivity contribution in [1.82, 2.24) is 0 Å². The van der Waals surface area contributed by atoms with Crippen LogP contribution in [0.1, 0.15) is 15.9 Å². The molecule has 0 heterocycles. The number of nitrogens with two attached hydrogens (primary N) is 1. The molecular formula is C10H10N2O3. The van der Waals surface area contributed by atoms with E-state index in [4.69, 9.17) is 15.7 Å². The van der Waals surface area contributed by atoms with Crippen LogP contribution < -0.4 is 10.5 Å². The number of ether oxygens (including phenoxy) is 2. The summed E-state index contributed by atoms with van der Waals surface area (Å²) in [5.74, 6) is -0.352. The topological polar surface area (TPSA) is 85.3 Å². The molecule has 0 radical (unpaired) electrons. The van der Waals surface area contributed by atoms with Crippen molar-refractivity contribution in [2.24, 2.45) is 0 Å². The highest BCUT2D eigenvalue weighted by molar-refractivity contribution is 5.94. The molecule has 0 bridgehead atoms. The van der Waals surface area contributed by atoms with Crippen LogP contribution in [0.15, 0.2) is 12.1 Å². The summed E-state index contributed by atoms with van der Waals surface area (Å²) in [7, 11) is 2.63. The average Bonchev–Trinajstić information content (AvgIpc) is 2.26. The van der Waals surface area contributed by atoms with Crippen molar-refractivity contribution >= 4 is 11.7 Å². The second-order valence-corrected chi connectivity index (χ2v) is 2.75. The van der Waals surface area contributed by atoms with Gasteiger partial charge in [-0.2, -0.15) is 5.26 Å². The van der Waals surface area contributed by atoms with Crippen LogP contribution in [0.3, 0.4) is 0 Å². The van der Waals surface area contributed by atoms with Gasteiger partial charge in [0.15, 0.2) is 0 Å². The minimum atomic E-state index is -0.614. The minimum Gasteiger partial charge on any atom is -0.495 e. The van der Waals surface area contributed by atoms with E-state index in [1.807, 2.05) is 6.07 Å². The van der Waals surface area contributed by atoms with Crippen LogP contribution in [0.4, 0.5) is 5.69 Å². The lowest BCUT2D eigenvalue weighted by Crippen LogP contribution is -2.06. The summed E-state index contributed by atoms with van der Waals surface area (Å²) >= 11 is 0. The van der Waals surface area contributed by atoms with Gasteiger partial charge in [0.1, 0.15) is 17.4 Å². The van der Waals surface area contributed by atoms with Gasteiger partial charge in [-0.15, -0.1) is 0 Å². The third kappa shape index (κ3) is 1.99. The number of carbonyl (C=O) groups is 1. The molecule has 5 nitrogen and oxygen atoms in total. The molecule has 78 valence electrons. The van der Waals surface area contributed by atoms with Gasteiger partial charge < -0.3 is 15.2 Å². The van der Waals surface area contributed by atoms with Crippen LogP contribution in [0.25, 0.3) is 0 Å². The number of benzene rings is 1. The van der Waals surface area contributed by atoms with E-state index >= 15 is 0 Å². The summed E-state index contributed by atoms with van der Waals surface area (Å²) in [6.07, 6.45) is 0. The van der Waals surface area contributed by atoms with Crippen LogP contribution in [0.2, 0.25) is 0 Å². The molecule has 0 aliphatic carbocycles. The molecule has 5 heteroatoms. The predicted molar refractivity (Wildman–Crippen MR) is 53.5 cm³/mol. The number of nitriles is 1. The van der Waals surface area contributed by atoms with E-state index in [2.05, 4.69) is 4.74 Å². The average molecular weight is 206 g/mol. The first-order chi connectivity index (χ1) is 7.13. The standard InChI is InChI=1S/C10H10N2O3/c1-14-9-4-6(12)3-7(8(9)5-11)10(13)15-2/h3-4H,12H2,1-2H3. The summed E-state index contributed by atoms with van der Waals surface area (Å²) in [5, 5.41) is 8.89. The van der Waals surface area contributed by atoms with Gasteiger partial charge in [-0.25, -0.2) is 4.79 Å². The molecule has 2 N–H and O–H groups in total. The molecule has 1 aromatic carbocycles. The van der Waals surface area contributed by atoms with Crippen LogP contribution in [0.5, 0.6) is 5.75 Å². The zero-order chi connectivity index (χ0) is 11.4. The zero-order valence-electron chi connectivity index (χ0n) is 8.40. The molecule has 0 amide bonds. The Hall–Kier alpha value is -2.22. The van der Waals surface area contributed by atoms with E-state index in [1.165, 1.54) is 26.4 Å². The lowest BCUT2D eigenvalue weighted by atomic mass is 10.1. The van der Waals surface area contributed by atoms with Gasteiger partial charge in [-0.3, -0.25) is 0 Å². The molecular weight excluding hydrogens is 196 g/mol. The molecule has 0 saturated carbocycles. The molecule has 0 saturated heterocycles. The third-order valence-electron chi connectivity index (χ3n) is 1.86. The van der Waals surface area contributed by atoms with Crippen molar-refractivity contribution in [3.63, 3.8) is 0 Å². The Balaban J connectivity index is 3.43. The van der Waals surface area contributed by atoms with Crippen molar-refractivity contribution in [2.75, 3.05) is 20.0 Å². The van der Waals surface area contributed by atoms with Crippen molar-refractivity contribution in [3.05, 3.63) is 23.3 Å². The number of hydrogen-bond donors (Lipinski definition) is 1. The zero-order valence-corrected chi connectivity index (χ0v) is 8.40. The van der Waals surface area contributed by atoms with Crippen molar-refractivity contribution in [2.45, 2.75) is 0 Å². The van der Waals surface area contributed by atoms with E-state index in [9.17, 15) is 4.79 Å². The van der Waals surface area contributed by atoms with E-state index < -0.39 is 5.97 Å². The van der Waals surface area contributed by atoms with Crippen LogP contribution in [0, 0.1) is 11.3 Å². The minimum absolute atomic E-state index is 0.108. The number of esters is 1. The lowest BCUT2D eigenvalue weighted by Gasteiger charge is -2.08. The normalized spacial score (nSPS) is 9.13. The Morgan fingerprint density at radius 2 is 2.13 bits per heavy atom. The molecule has 1 rings (SSSR count). The van der Waals surface area contributed by atoms with Crippen molar-refractivity contribution in [3.8, 4) is 11.8 Å². The molecule has 0 aromatic heterocycles. The molecule has 0 fully saturated rings. The van der Waals surface area contributed by atoms with Crippen LogP contribution in [-0.2, 0) is 4.74 Å². The second kappa shape index (κ2) is 4.33. The van der Waals surface area contributed by atoms with Gasteiger partial charge in [0.2, 0.25) is 0 Å². The highest BCUT2D eigenvalue weighted by Gasteiger charge is 2.17. The summed E-state index contributed by atoms with van der Waals surface area (Å²) in [6.45, 7) is 0. The maximum Gasteiger partial charge on any atom is 0.339 e. The first-order valence-electron chi connectivity index (χ1n) is 4.10. The number of anilines is 1. The smallest absolute Gasteiger partial charge is 0.339 e. The summed E-state index contributed by atoms with van der Waals surface area (Å²) in [5.41, 5.74) is 6.12. The maximum absolute atomic E-state index is 11.3. The van der Waals surface area contributed by atoms with Crippen molar-refractivity contribution in [1.29, 1.82) is 5.26 Å². The van der Waals surface area contributed by atoms with Gasteiger partial charge in [-0.1, -0.05) is 0 Å². The summed E-state index contributed by atoms with van der Waals surface area (Å²) in [4.78, 5) is 11.3. The third-order valence-corrected chi connectivity index (χ3v) is 1.86. The number of methoxy groups -OCH3 is 2. The fourth-order valence-electron chi connectivity index (χ4n) is 1.18. The van der Waals surface area contributed by atoms with E-state index in [0.717, 1.165) is 0 Å². The second-order valence-electron chi connectivity index (χ2n) is 2.75. The molecule has 0 unspecified atom stereocenters. The Bertz CT molecular complexity index is 435. The number of nitrogen functional groups attached to an aromatic ring is 1. The predicted octanol–water partition coefficient (Wildman–Crippen LogP) is 0.936. The van der Waals surface area contributed by atoms with Crippen molar-refractivity contribution < 1.29 is 14.3 Å². The van der Waals surface area contributed by atoms with Gasteiger partial charge in [0, 0.05) is 11.8 Å². The highest BCUT2D eigenvalue weighted by Crippen LogP contribution is 2.25. The Kier molecular flexibility index (Phi) is 3.13. The van der Waals surface area contributed by atoms with Gasteiger partial charge in [0.25, 0.3) is 0 Å². The fourth-order valence-corrected chi connectivity index (χ4v) is 1.18. The highest BCUT2D eigenvalue weighted by atomic mass is 16.5. The SMILES string of the molecule is COC(=O)c1cc(N)cc(OC)c1C#N. The number of rotatable bonds is 2. The van der Waals surface area contributed by atoms with Gasteiger partial charge >= 0.3 is 5.97 Å².